The summed E-state index contributed by atoms with van der Waals surface area (Å²) in [5.41, 5.74) is 1.59. The first-order valence-corrected chi connectivity index (χ1v) is 7.44. The van der Waals surface area contributed by atoms with E-state index in [9.17, 15) is 9.59 Å². The zero-order valence-corrected chi connectivity index (χ0v) is 13.7. The monoisotopic (exact) mass is 304 g/mol. The zero-order valence-electron chi connectivity index (χ0n) is 13.7. The van der Waals surface area contributed by atoms with E-state index in [1.54, 1.807) is 6.08 Å². The predicted octanol–water partition coefficient (Wildman–Crippen LogP) is 3.53. The van der Waals surface area contributed by atoms with E-state index in [0.717, 1.165) is 11.1 Å². The second-order valence-corrected chi connectivity index (χ2v) is 5.78. The minimum absolute atomic E-state index is 0.0581. The van der Waals surface area contributed by atoms with Crippen molar-refractivity contribution in [3.05, 3.63) is 41.5 Å². The summed E-state index contributed by atoms with van der Waals surface area (Å²) in [7, 11) is 0. The van der Waals surface area contributed by atoms with Crippen LogP contribution < -0.4 is 0 Å². The lowest BCUT2D eigenvalue weighted by Gasteiger charge is -2.20. The molecule has 0 aromatic heterocycles. The average molecular weight is 304 g/mol. The molecule has 0 aliphatic carbocycles. The van der Waals surface area contributed by atoms with Gasteiger partial charge in [0.2, 0.25) is 0 Å². The quantitative estimate of drug-likeness (QED) is 0.439. The smallest absolute Gasteiger partial charge is 0.330 e. The van der Waals surface area contributed by atoms with Gasteiger partial charge >= 0.3 is 11.9 Å². The fourth-order valence-corrected chi connectivity index (χ4v) is 1.51. The van der Waals surface area contributed by atoms with Gasteiger partial charge in [0, 0.05) is 6.08 Å². The standard InChI is InChI=1S/C18H24O4/c1-5-18(3,4)17(20)22-13-12-21-16(19)11-10-15-8-6-14(2)7-9-15/h6-11H,5,12-13H2,1-4H3/b11-10+. The molecule has 0 N–H and O–H groups in total. The van der Waals surface area contributed by atoms with Gasteiger partial charge in [0.1, 0.15) is 13.2 Å². The molecular formula is C18H24O4. The van der Waals surface area contributed by atoms with E-state index in [0.29, 0.717) is 6.42 Å². The Labute approximate surface area is 132 Å². The summed E-state index contributed by atoms with van der Waals surface area (Å²) in [6.45, 7) is 7.71. The third-order valence-corrected chi connectivity index (χ3v) is 3.49. The minimum atomic E-state index is -0.505. The van der Waals surface area contributed by atoms with Crippen molar-refractivity contribution < 1.29 is 19.1 Å². The molecule has 0 unspecified atom stereocenters. The van der Waals surface area contributed by atoms with Gasteiger partial charge in [-0.25, -0.2) is 4.79 Å². The van der Waals surface area contributed by atoms with Crippen LogP contribution in [0, 0.1) is 12.3 Å². The number of rotatable bonds is 7. The SMILES string of the molecule is CCC(C)(C)C(=O)OCCOC(=O)/C=C/c1ccc(C)cc1. The van der Waals surface area contributed by atoms with E-state index in [1.165, 1.54) is 6.08 Å². The lowest BCUT2D eigenvalue weighted by atomic mass is 9.91. The summed E-state index contributed by atoms with van der Waals surface area (Å²) in [6, 6.07) is 7.79. The molecule has 4 nitrogen and oxygen atoms in total. The van der Waals surface area contributed by atoms with Crippen molar-refractivity contribution >= 4 is 18.0 Å². The van der Waals surface area contributed by atoms with Crippen LogP contribution in [0.25, 0.3) is 6.08 Å². The molecule has 0 saturated heterocycles. The van der Waals surface area contributed by atoms with Gasteiger partial charge in [-0.3, -0.25) is 4.79 Å². The van der Waals surface area contributed by atoms with Crippen molar-refractivity contribution in [3.8, 4) is 0 Å². The van der Waals surface area contributed by atoms with Crippen molar-refractivity contribution in [2.24, 2.45) is 5.41 Å². The molecule has 120 valence electrons. The van der Waals surface area contributed by atoms with Crippen LogP contribution in [0.15, 0.2) is 30.3 Å². The lowest BCUT2D eigenvalue weighted by molar-refractivity contribution is -0.157. The van der Waals surface area contributed by atoms with E-state index in [4.69, 9.17) is 9.47 Å². The van der Waals surface area contributed by atoms with E-state index in [1.807, 2.05) is 52.0 Å². The Morgan fingerprint density at radius 2 is 1.68 bits per heavy atom. The molecule has 0 aliphatic rings. The number of esters is 2. The van der Waals surface area contributed by atoms with Crippen LogP contribution in [-0.2, 0) is 19.1 Å². The molecule has 0 aliphatic heterocycles. The largest absolute Gasteiger partial charge is 0.462 e. The Kier molecular flexibility index (Phi) is 6.83. The lowest BCUT2D eigenvalue weighted by Crippen LogP contribution is -2.27. The first kappa shape index (κ1) is 18.0. The number of carbonyl (C=O) groups is 2. The van der Waals surface area contributed by atoms with E-state index in [2.05, 4.69) is 0 Å². The summed E-state index contributed by atoms with van der Waals surface area (Å²) >= 11 is 0. The van der Waals surface area contributed by atoms with Crippen molar-refractivity contribution in [3.63, 3.8) is 0 Å². The predicted molar refractivity (Wildman–Crippen MR) is 86.2 cm³/mol. The Hall–Kier alpha value is -2.10. The van der Waals surface area contributed by atoms with Crippen LogP contribution >= 0.6 is 0 Å². The molecule has 22 heavy (non-hydrogen) atoms. The maximum absolute atomic E-state index is 11.7. The van der Waals surface area contributed by atoms with Gasteiger partial charge in [-0.15, -0.1) is 0 Å². The van der Waals surface area contributed by atoms with Gasteiger partial charge in [-0.1, -0.05) is 36.8 Å². The average Bonchev–Trinajstić information content (AvgIpc) is 2.50. The second kappa shape index (κ2) is 8.37. The second-order valence-electron chi connectivity index (χ2n) is 5.78. The zero-order chi connectivity index (χ0) is 16.6. The van der Waals surface area contributed by atoms with Crippen molar-refractivity contribution in [2.45, 2.75) is 34.1 Å². The molecule has 0 bridgehead atoms. The number of ether oxygens (including phenoxy) is 2. The fourth-order valence-electron chi connectivity index (χ4n) is 1.51. The summed E-state index contributed by atoms with van der Waals surface area (Å²) in [4.78, 5) is 23.2. The van der Waals surface area contributed by atoms with Crippen molar-refractivity contribution in [1.29, 1.82) is 0 Å². The first-order valence-electron chi connectivity index (χ1n) is 7.44. The molecule has 1 rings (SSSR count). The highest BCUT2D eigenvalue weighted by Crippen LogP contribution is 2.21. The molecule has 0 heterocycles. The third kappa shape index (κ3) is 6.12. The Morgan fingerprint density at radius 3 is 2.27 bits per heavy atom. The number of benzene rings is 1. The molecule has 0 atom stereocenters. The maximum Gasteiger partial charge on any atom is 0.330 e. The first-order chi connectivity index (χ1) is 10.3. The number of hydrogen-bond acceptors (Lipinski definition) is 4. The van der Waals surface area contributed by atoms with Gasteiger partial charge in [-0.05, 0) is 38.8 Å². The Bertz CT molecular complexity index is 527. The fraction of sp³-hybridized carbons (Fsp3) is 0.444. The van der Waals surface area contributed by atoms with Gasteiger partial charge in [0.15, 0.2) is 0 Å². The molecule has 0 spiro atoms. The number of hydrogen-bond donors (Lipinski definition) is 0. The molecule has 1 aromatic carbocycles. The third-order valence-electron chi connectivity index (χ3n) is 3.49. The van der Waals surface area contributed by atoms with Gasteiger partial charge in [0.25, 0.3) is 0 Å². The molecular weight excluding hydrogens is 280 g/mol. The van der Waals surface area contributed by atoms with E-state index < -0.39 is 11.4 Å². The molecule has 0 radical (unpaired) electrons. The van der Waals surface area contributed by atoms with Crippen LogP contribution in [0.1, 0.15) is 38.3 Å². The molecule has 1 aromatic rings. The Morgan fingerprint density at radius 1 is 1.09 bits per heavy atom. The molecule has 0 amide bonds. The number of carbonyl (C=O) groups excluding carboxylic acids is 2. The van der Waals surface area contributed by atoms with Gasteiger partial charge in [-0.2, -0.15) is 0 Å². The van der Waals surface area contributed by atoms with Crippen LogP contribution in [-0.4, -0.2) is 25.2 Å². The van der Waals surface area contributed by atoms with Crippen LogP contribution in [0.3, 0.4) is 0 Å². The van der Waals surface area contributed by atoms with E-state index in [-0.39, 0.29) is 19.2 Å². The Balaban J connectivity index is 2.29. The summed E-state index contributed by atoms with van der Waals surface area (Å²) in [5.74, 6) is -0.729. The van der Waals surface area contributed by atoms with Crippen molar-refractivity contribution in [1.82, 2.24) is 0 Å². The highest BCUT2D eigenvalue weighted by Gasteiger charge is 2.26. The minimum Gasteiger partial charge on any atom is -0.462 e. The highest BCUT2D eigenvalue weighted by molar-refractivity contribution is 5.87. The summed E-state index contributed by atoms with van der Waals surface area (Å²) in [6.07, 6.45) is 3.75. The number of aryl methyl sites for hydroxylation is 1. The van der Waals surface area contributed by atoms with Crippen LogP contribution in [0.5, 0.6) is 0 Å². The van der Waals surface area contributed by atoms with Crippen LogP contribution in [0.2, 0.25) is 0 Å². The summed E-state index contributed by atoms with van der Waals surface area (Å²) in [5, 5.41) is 0. The van der Waals surface area contributed by atoms with E-state index >= 15 is 0 Å². The molecule has 4 heteroatoms. The van der Waals surface area contributed by atoms with Crippen molar-refractivity contribution in [2.75, 3.05) is 13.2 Å². The molecule has 0 saturated carbocycles. The summed E-state index contributed by atoms with van der Waals surface area (Å²) < 4.78 is 10.1. The van der Waals surface area contributed by atoms with Gasteiger partial charge in [0.05, 0.1) is 5.41 Å². The normalized spacial score (nSPS) is 11.5. The topological polar surface area (TPSA) is 52.6 Å². The highest BCUT2D eigenvalue weighted by atomic mass is 16.6. The molecule has 0 fully saturated rings. The van der Waals surface area contributed by atoms with Crippen LogP contribution in [0.4, 0.5) is 0 Å². The van der Waals surface area contributed by atoms with Gasteiger partial charge < -0.3 is 9.47 Å². The maximum atomic E-state index is 11.7.